The van der Waals surface area contributed by atoms with E-state index in [1.165, 1.54) is 0 Å². The van der Waals surface area contributed by atoms with Crippen molar-refractivity contribution in [3.63, 3.8) is 0 Å². The van der Waals surface area contributed by atoms with Crippen molar-refractivity contribution in [2.24, 2.45) is 10.9 Å². The number of nitrogens with one attached hydrogen (secondary N) is 2. The number of benzene rings is 1. The van der Waals surface area contributed by atoms with Crippen LogP contribution < -0.4 is 10.6 Å². The number of carbonyl (C=O) groups excluding carboxylic acids is 1. The van der Waals surface area contributed by atoms with Crippen molar-refractivity contribution in [3.05, 3.63) is 54.1 Å². The van der Waals surface area contributed by atoms with Gasteiger partial charge < -0.3 is 20.1 Å². The summed E-state index contributed by atoms with van der Waals surface area (Å²) >= 11 is 0. The van der Waals surface area contributed by atoms with E-state index >= 15 is 0 Å². The minimum absolute atomic E-state index is 0.0728. The molecule has 3 rings (SSSR count). The summed E-state index contributed by atoms with van der Waals surface area (Å²) in [6.07, 6.45) is 6.91. The summed E-state index contributed by atoms with van der Waals surface area (Å²) in [5.74, 6) is 1.47. The largest absolute Gasteiger partial charge is 0.357 e. The van der Waals surface area contributed by atoms with Gasteiger partial charge in [-0.05, 0) is 37.0 Å². The molecule has 1 aromatic heterocycles. The van der Waals surface area contributed by atoms with Gasteiger partial charge in [-0.3, -0.25) is 4.79 Å². The summed E-state index contributed by atoms with van der Waals surface area (Å²) in [6, 6.07) is 8.00. The van der Waals surface area contributed by atoms with Crippen LogP contribution in [0.4, 0.5) is 0 Å². The first-order valence-electron chi connectivity index (χ1n) is 9.94. The number of nitrogens with zero attached hydrogens (tertiary/aromatic N) is 4. The van der Waals surface area contributed by atoms with Gasteiger partial charge in [0.25, 0.3) is 5.91 Å². The molecule has 0 saturated carbocycles. The van der Waals surface area contributed by atoms with E-state index < -0.39 is 0 Å². The molecule has 1 aromatic carbocycles. The smallest absolute Gasteiger partial charge is 0.251 e. The molecule has 7 heteroatoms. The van der Waals surface area contributed by atoms with E-state index in [1.807, 2.05) is 43.0 Å². The highest BCUT2D eigenvalue weighted by Crippen LogP contribution is 2.27. The second-order valence-electron chi connectivity index (χ2n) is 7.24. The zero-order chi connectivity index (χ0) is 19.9. The van der Waals surface area contributed by atoms with E-state index in [1.54, 1.807) is 7.05 Å². The monoisotopic (exact) mass is 382 g/mol. The van der Waals surface area contributed by atoms with Crippen molar-refractivity contribution in [3.8, 4) is 0 Å². The van der Waals surface area contributed by atoms with Gasteiger partial charge in [0.2, 0.25) is 0 Å². The molecule has 2 heterocycles. The average Bonchev–Trinajstić information content (AvgIpc) is 3.26. The molecule has 0 spiro atoms. The lowest BCUT2D eigenvalue weighted by Crippen LogP contribution is -2.49. The van der Waals surface area contributed by atoms with Gasteiger partial charge in [0.05, 0.1) is 18.9 Å². The topological polar surface area (TPSA) is 74.6 Å². The minimum atomic E-state index is -0.0728. The van der Waals surface area contributed by atoms with Gasteiger partial charge in [0, 0.05) is 44.6 Å². The summed E-state index contributed by atoms with van der Waals surface area (Å²) < 4.78 is 2.21. The zero-order valence-corrected chi connectivity index (χ0v) is 16.9. The van der Waals surface area contributed by atoms with E-state index in [9.17, 15) is 4.79 Å². The van der Waals surface area contributed by atoms with Crippen LogP contribution >= 0.6 is 0 Å². The molecule has 2 atom stereocenters. The first-order valence-corrected chi connectivity index (χ1v) is 9.94. The van der Waals surface area contributed by atoms with E-state index in [0.717, 1.165) is 37.6 Å². The number of aromatic nitrogens is 2. The first kappa shape index (κ1) is 19.9. The molecule has 1 amide bonds. The van der Waals surface area contributed by atoms with Gasteiger partial charge >= 0.3 is 0 Å². The zero-order valence-electron chi connectivity index (χ0n) is 16.9. The van der Waals surface area contributed by atoms with Gasteiger partial charge in [-0.25, -0.2) is 9.98 Å². The number of likely N-dealkylation sites (tertiary alicyclic amines) is 1. The highest BCUT2D eigenvalue weighted by molar-refractivity contribution is 5.93. The van der Waals surface area contributed by atoms with Crippen LogP contribution in [0.25, 0.3) is 0 Å². The predicted octanol–water partition coefficient (Wildman–Crippen LogP) is 2.29. The number of hydrogen-bond acceptors (Lipinski definition) is 3. The SMILES string of the molecule is CCNC(=NCc1ccc(C(=O)NC)cc1)N1CCC(C)C(n2ccnc2)C1. The Morgan fingerprint density at radius 2 is 2.11 bits per heavy atom. The molecule has 1 fully saturated rings. The highest BCUT2D eigenvalue weighted by atomic mass is 16.1. The van der Waals surface area contributed by atoms with Gasteiger partial charge in [-0.15, -0.1) is 0 Å². The van der Waals surface area contributed by atoms with Crippen LogP contribution in [0.5, 0.6) is 0 Å². The van der Waals surface area contributed by atoms with E-state index in [2.05, 4.69) is 38.9 Å². The number of aliphatic imine (C=N–C) groups is 1. The number of guanidine groups is 1. The normalized spacial score (nSPS) is 20.1. The van der Waals surface area contributed by atoms with Crippen LogP contribution in [-0.2, 0) is 6.54 Å². The van der Waals surface area contributed by atoms with E-state index in [-0.39, 0.29) is 5.91 Å². The molecular formula is C21H30N6O. The summed E-state index contributed by atoms with van der Waals surface area (Å²) in [6.45, 7) is 7.72. The third-order valence-electron chi connectivity index (χ3n) is 5.32. The van der Waals surface area contributed by atoms with Crippen LogP contribution in [0, 0.1) is 5.92 Å². The second kappa shape index (κ2) is 9.39. The van der Waals surface area contributed by atoms with Crippen LogP contribution in [0.15, 0.2) is 48.0 Å². The van der Waals surface area contributed by atoms with Crippen LogP contribution in [-0.4, -0.2) is 53.0 Å². The fraction of sp³-hybridized carbons (Fsp3) is 0.476. The summed E-state index contributed by atoms with van der Waals surface area (Å²) in [4.78, 5) is 23.1. The van der Waals surface area contributed by atoms with Crippen molar-refractivity contribution in [1.82, 2.24) is 25.1 Å². The Labute approximate surface area is 166 Å². The first-order chi connectivity index (χ1) is 13.6. The quantitative estimate of drug-likeness (QED) is 0.615. The third-order valence-corrected chi connectivity index (χ3v) is 5.32. The maximum Gasteiger partial charge on any atom is 0.251 e. The number of amides is 1. The van der Waals surface area contributed by atoms with Gasteiger partial charge in [-0.1, -0.05) is 19.1 Å². The molecular weight excluding hydrogens is 352 g/mol. The molecule has 2 aromatic rings. The molecule has 0 radical (unpaired) electrons. The minimum Gasteiger partial charge on any atom is -0.357 e. The second-order valence-corrected chi connectivity index (χ2v) is 7.24. The van der Waals surface area contributed by atoms with Crippen molar-refractivity contribution in [2.45, 2.75) is 32.9 Å². The fourth-order valence-electron chi connectivity index (χ4n) is 3.59. The number of imidazole rings is 1. The predicted molar refractivity (Wildman–Crippen MR) is 111 cm³/mol. The Kier molecular flexibility index (Phi) is 6.68. The summed E-state index contributed by atoms with van der Waals surface area (Å²) in [5, 5.41) is 6.07. The Morgan fingerprint density at radius 3 is 2.75 bits per heavy atom. The maximum absolute atomic E-state index is 11.7. The number of carbonyl (C=O) groups is 1. The maximum atomic E-state index is 11.7. The molecule has 150 valence electrons. The molecule has 2 N–H and O–H groups in total. The lowest BCUT2D eigenvalue weighted by molar-refractivity contribution is 0.0963. The van der Waals surface area contributed by atoms with Gasteiger partial charge in [-0.2, -0.15) is 0 Å². The van der Waals surface area contributed by atoms with Crippen molar-refractivity contribution < 1.29 is 4.79 Å². The lowest BCUT2D eigenvalue weighted by atomic mass is 9.93. The van der Waals surface area contributed by atoms with E-state index in [0.29, 0.717) is 24.1 Å². The Morgan fingerprint density at radius 1 is 1.32 bits per heavy atom. The number of piperidine rings is 1. The molecule has 1 saturated heterocycles. The van der Waals surface area contributed by atoms with Crippen molar-refractivity contribution in [2.75, 3.05) is 26.7 Å². The summed E-state index contributed by atoms with van der Waals surface area (Å²) in [5.41, 5.74) is 1.75. The standard InChI is InChI=1S/C21H30N6O/c1-4-24-21(25-13-17-5-7-18(8-6-17)20(28)22-3)26-11-9-16(2)19(14-26)27-12-10-23-15-27/h5-8,10,12,15-16,19H,4,9,11,13-14H2,1-3H3,(H,22,28)(H,24,25). The molecule has 2 unspecified atom stereocenters. The van der Waals surface area contributed by atoms with Gasteiger partial charge in [0.1, 0.15) is 0 Å². The number of hydrogen-bond donors (Lipinski definition) is 2. The Hall–Kier alpha value is -2.83. The van der Waals surface area contributed by atoms with Crippen LogP contribution in [0.2, 0.25) is 0 Å². The van der Waals surface area contributed by atoms with Crippen LogP contribution in [0.3, 0.4) is 0 Å². The van der Waals surface area contributed by atoms with Crippen molar-refractivity contribution >= 4 is 11.9 Å². The molecule has 28 heavy (non-hydrogen) atoms. The third kappa shape index (κ3) is 4.71. The van der Waals surface area contributed by atoms with Gasteiger partial charge in [0.15, 0.2) is 5.96 Å². The molecule has 0 aliphatic carbocycles. The Bertz CT molecular complexity index is 784. The summed E-state index contributed by atoms with van der Waals surface area (Å²) in [7, 11) is 1.64. The van der Waals surface area contributed by atoms with Crippen LogP contribution in [0.1, 0.15) is 42.2 Å². The average molecular weight is 383 g/mol. The fourth-order valence-corrected chi connectivity index (χ4v) is 3.59. The lowest BCUT2D eigenvalue weighted by Gasteiger charge is -2.39. The molecule has 0 bridgehead atoms. The highest BCUT2D eigenvalue weighted by Gasteiger charge is 2.28. The van der Waals surface area contributed by atoms with E-state index in [4.69, 9.17) is 4.99 Å². The van der Waals surface area contributed by atoms with Crippen molar-refractivity contribution in [1.29, 1.82) is 0 Å². The Balaban J connectivity index is 1.70. The molecule has 7 nitrogen and oxygen atoms in total. The molecule has 1 aliphatic heterocycles. The molecule has 1 aliphatic rings. The number of rotatable bonds is 5.